The zero-order valence-corrected chi connectivity index (χ0v) is 17.0. The summed E-state index contributed by atoms with van der Waals surface area (Å²) in [6, 6.07) is 8.90. The van der Waals surface area contributed by atoms with Crippen molar-refractivity contribution in [3.63, 3.8) is 0 Å². The van der Waals surface area contributed by atoms with Crippen LogP contribution in [-0.2, 0) is 0 Å². The fraction of sp³-hybridized carbons (Fsp3) is 0.294. The maximum atomic E-state index is 12.9. The number of carbonyl (C=O) groups excluding carboxylic acids is 1. The molecule has 3 aromatic rings. The molecule has 8 heteroatoms. The Morgan fingerprint density at radius 1 is 1.28 bits per heavy atom. The number of hydrogen-bond donors (Lipinski definition) is 0. The summed E-state index contributed by atoms with van der Waals surface area (Å²) in [6.45, 7) is 1.44. The van der Waals surface area contributed by atoms with Crippen molar-refractivity contribution in [3.8, 4) is 0 Å². The van der Waals surface area contributed by atoms with Crippen LogP contribution in [0.2, 0.25) is 5.02 Å². The highest BCUT2D eigenvalue weighted by Crippen LogP contribution is 2.32. The third-order valence-electron chi connectivity index (χ3n) is 3.59. The smallest absolute Gasteiger partial charge is 0.295 e. The summed E-state index contributed by atoms with van der Waals surface area (Å²) in [5, 5.41) is 1.30. The van der Waals surface area contributed by atoms with E-state index in [1.54, 1.807) is 23.1 Å². The van der Waals surface area contributed by atoms with Gasteiger partial charge in [-0.15, -0.1) is 0 Å². The van der Waals surface area contributed by atoms with Crippen LogP contribution in [0.25, 0.3) is 10.2 Å². The Morgan fingerprint density at radius 2 is 2.08 bits per heavy atom. The van der Waals surface area contributed by atoms with Gasteiger partial charge in [0.05, 0.1) is 10.2 Å². The van der Waals surface area contributed by atoms with Crippen LogP contribution in [0.15, 0.2) is 39.4 Å². The number of hydrogen-bond acceptors (Lipinski definition) is 5. The molecule has 0 bridgehead atoms. The molecular formula is C17H17BrClN3O2S. The number of rotatable bonds is 6. The van der Waals surface area contributed by atoms with E-state index in [4.69, 9.17) is 16.0 Å². The van der Waals surface area contributed by atoms with Gasteiger partial charge in [0.1, 0.15) is 0 Å². The number of benzene rings is 1. The molecule has 0 unspecified atom stereocenters. The molecule has 2 aromatic heterocycles. The van der Waals surface area contributed by atoms with E-state index in [-0.39, 0.29) is 11.7 Å². The third kappa shape index (κ3) is 4.41. The van der Waals surface area contributed by atoms with E-state index in [1.165, 1.54) is 11.3 Å². The van der Waals surface area contributed by atoms with Crippen molar-refractivity contribution in [1.82, 2.24) is 9.88 Å². The summed E-state index contributed by atoms with van der Waals surface area (Å²) < 4.78 is 6.92. The first kappa shape index (κ1) is 18.4. The number of anilines is 1. The summed E-state index contributed by atoms with van der Waals surface area (Å²) in [6.07, 6.45) is 0.831. The van der Waals surface area contributed by atoms with Gasteiger partial charge in [0.15, 0.2) is 15.6 Å². The van der Waals surface area contributed by atoms with E-state index in [9.17, 15) is 4.79 Å². The number of halogens is 2. The first-order valence-electron chi connectivity index (χ1n) is 7.72. The predicted molar refractivity (Wildman–Crippen MR) is 106 cm³/mol. The van der Waals surface area contributed by atoms with E-state index < -0.39 is 0 Å². The van der Waals surface area contributed by atoms with Crippen LogP contribution in [0.4, 0.5) is 5.13 Å². The Hall–Kier alpha value is -1.41. The molecule has 0 saturated carbocycles. The number of aromatic nitrogens is 1. The molecule has 0 fully saturated rings. The van der Waals surface area contributed by atoms with Crippen molar-refractivity contribution >= 4 is 60.1 Å². The molecule has 0 saturated heterocycles. The molecule has 132 valence electrons. The number of nitrogens with zero attached hydrogens (tertiary/aromatic N) is 3. The standard InChI is InChI=1S/C17H17BrClN3O2S/c1-21(2)8-3-9-22(16(23)13-6-7-15(18)24-13)17-20-12-5-4-11(19)10-14(12)25-17/h4-7,10H,3,8-9H2,1-2H3. The fourth-order valence-electron chi connectivity index (χ4n) is 2.39. The number of furan rings is 1. The van der Waals surface area contributed by atoms with Crippen LogP contribution >= 0.6 is 38.9 Å². The van der Waals surface area contributed by atoms with Crippen LogP contribution in [-0.4, -0.2) is 43.0 Å². The molecular weight excluding hydrogens is 426 g/mol. The lowest BCUT2D eigenvalue weighted by Gasteiger charge is -2.19. The van der Waals surface area contributed by atoms with Gasteiger partial charge >= 0.3 is 0 Å². The normalized spacial score (nSPS) is 11.4. The van der Waals surface area contributed by atoms with Crippen molar-refractivity contribution in [2.75, 3.05) is 32.1 Å². The Balaban J connectivity index is 1.92. The zero-order chi connectivity index (χ0) is 18.0. The molecule has 1 amide bonds. The Bertz CT molecular complexity index is 893. The van der Waals surface area contributed by atoms with Crippen LogP contribution in [0.5, 0.6) is 0 Å². The van der Waals surface area contributed by atoms with Gasteiger partial charge in [0.2, 0.25) is 0 Å². The molecule has 0 atom stereocenters. The number of carbonyl (C=O) groups is 1. The summed E-state index contributed by atoms with van der Waals surface area (Å²) in [4.78, 5) is 21.3. The average Bonchev–Trinajstić information content (AvgIpc) is 3.16. The molecule has 5 nitrogen and oxygen atoms in total. The van der Waals surface area contributed by atoms with Gasteiger partial charge in [-0.05, 0) is 73.3 Å². The van der Waals surface area contributed by atoms with Crippen LogP contribution < -0.4 is 4.90 Å². The van der Waals surface area contributed by atoms with Gasteiger partial charge in [-0.1, -0.05) is 22.9 Å². The number of thiazole rings is 1. The first-order chi connectivity index (χ1) is 11.9. The van der Waals surface area contributed by atoms with Gasteiger partial charge in [0.25, 0.3) is 5.91 Å². The van der Waals surface area contributed by atoms with Crippen LogP contribution in [0, 0.1) is 0 Å². The van der Waals surface area contributed by atoms with E-state index in [0.29, 0.717) is 21.4 Å². The minimum atomic E-state index is -0.199. The monoisotopic (exact) mass is 441 g/mol. The largest absolute Gasteiger partial charge is 0.444 e. The van der Waals surface area contributed by atoms with E-state index in [2.05, 4.69) is 25.8 Å². The van der Waals surface area contributed by atoms with Gasteiger partial charge < -0.3 is 9.32 Å². The zero-order valence-electron chi connectivity index (χ0n) is 13.8. The molecule has 0 N–H and O–H groups in total. The first-order valence-corrected chi connectivity index (χ1v) is 9.71. The highest BCUT2D eigenvalue weighted by molar-refractivity contribution is 9.10. The van der Waals surface area contributed by atoms with Crippen molar-refractivity contribution in [3.05, 3.63) is 45.8 Å². The van der Waals surface area contributed by atoms with Crippen molar-refractivity contribution in [2.45, 2.75) is 6.42 Å². The van der Waals surface area contributed by atoms with Crippen LogP contribution in [0.1, 0.15) is 17.0 Å². The quantitative estimate of drug-likeness (QED) is 0.544. The number of amides is 1. The maximum Gasteiger partial charge on any atom is 0.295 e. The molecule has 0 aliphatic rings. The van der Waals surface area contributed by atoms with E-state index in [1.807, 2.05) is 26.2 Å². The Morgan fingerprint density at radius 3 is 2.76 bits per heavy atom. The molecule has 1 aromatic carbocycles. The Kier molecular flexibility index (Phi) is 5.78. The van der Waals surface area contributed by atoms with Gasteiger partial charge in [-0.25, -0.2) is 4.98 Å². The van der Waals surface area contributed by atoms with E-state index >= 15 is 0 Å². The summed E-state index contributed by atoms with van der Waals surface area (Å²) in [5.41, 5.74) is 0.829. The van der Waals surface area contributed by atoms with Gasteiger partial charge in [-0.3, -0.25) is 9.69 Å². The number of fused-ring (bicyclic) bond motifs is 1. The summed E-state index contributed by atoms with van der Waals surface area (Å²) in [5.74, 6) is 0.0867. The summed E-state index contributed by atoms with van der Waals surface area (Å²) >= 11 is 10.8. The highest BCUT2D eigenvalue weighted by Gasteiger charge is 2.23. The minimum absolute atomic E-state index is 0.199. The average molecular weight is 443 g/mol. The molecule has 3 rings (SSSR count). The topological polar surface area (TPSA) is 49.6 Å². The lowest BCUT2D eigenvalue weighted by molar-refractivity contribution is 0.0958. The second-order valence-electron chi connectivity index (χ2n) is 5.83. The lowest BCUT2D eigenvalue weighted by Crippen LogP contribution is -2.33. The SMILES string of the molecule is CN(C)CCCN(C(=O)c1ccc(Br)o1)c1nc2ccc(Cl)cc2s1. The molecule has 0 radical (unpaired) electrons. The van der Waals surface area contributed by atoms with Crippen molar-refractivity contribution in [2.24, 2.45) is 0 Å². The minimum Gasteiger partial charge on any atom is -0.444 e. The highest BCUT2D eigenvalue weighted by atomic mass is 79.9. The Labute approximate surface area is 163 Å². The second kappa shape index (κ2) is 7.86. The molecule has 0 aliphatic carbocycles. The molecule has 2 heterocycles. The lowest BCUT2D eigenvalue weighted by atomic mass is 10.3. The van der Waals surface area contributed by atoms with Gasteiger partial charge in [0, 0.05) is 11.6 Å². The van der Waals surface area contributed by atoms with Crippen molar-refractivity contribution < 1.29 is 9.21 Å². The molecule has 25 heavy (non-hydrogen) atoms. The second-order valence-corrected chi connectivity index (χ2v) is 8.05. The molecule has 0 aliphatic heterocycles. The predicted octanol–water partition coefficient (Wildman–Crippen LogP) is 4.90. The molecule has 0 spiro atoms. The third-order valence-corrected chi connectivity index (χ3v) is 5.29. The summed E-state index contributed by atoms with van der Waals surface area (Å²) in [7, 11) is 4.02. The van der Waals surface area contributed by atoms with E-state index in [0.717, 1.165) is 23.2 Å². The van der Waals surface area contributed by atoms with Crippen LogP contribution in [0.3, 0.4) is 0 Å². The fourth-order valence-corrected chi connectivity index (χ4v) is 3.97. The van der Waals surface area contributed by atoms with Crippen molar-refractivity contribution in [1.29, 1.82) is 0 Å². The van der Waals surface area contributed by atoms with Gasteiger partial charge in [-0.2, -0.15) is 0 Å². The maximum absolute atomic E-state index is 12.9.